The molecule has 4 nitrogen and oxygen atoms in total. The molecule has 0 saturated carbocycles. The number of nitrogens with one attached hydrogen (secondary N) is 1. The summed E-state index contributed by atoms with van der Waals surface area (Å²) < 4.78 is 5.32. The summed E-state index contributed by atoms with van der Waals surface area (Å²) in [5, 5.41) is 4.67. The lowest BCUT2D eigenvalue weighted by Crippen LogP contribution is -2.20. The number of benzene rings is 2. The number of fused-ring (bicyclic) bond motifs is 2. The molecular weight excluding hydrogens is 286 g/mol. The van der Waals surface area contributed by atoms with Crippen molar-refractivity contribution in [3.05, 3.63) is 59.4 Å². The Hall–Kier alpha value is -2.62. The zero-order chi connectivity index (χ0) is 15.8. The number of anilines is 1. The van der Waals surface area contributed by atoms with Gasteiger partial charge in [0.05, 0.1) is 12.6 Å². The molecule has 1 heterocycles. The van der Waals surface area contributed by atoms with Gasteiger partial charge in [0.2, 0.25) is 0 Å². The fourth-order valence-electron chi connectivity index (χ4n) is 3.30. The van der Waals surface area contributed by atoms with Crippen molar-refractivity contribution in [3.63, 3.8) is 0 Å². The van der Waals surface area contributed by atoms with Gasteiger partial charge in [0.15, 0.2) is 0 Å². The van der Waals surface area contributed by atoms with Gasteiger partial charge in [-0.2, -0.15) is 0 Å². The molecule has 0 radical (unpaired) electrons. The third-order valence-electron chi connectivity index (χ3n) is 4.48. The van der Waals surface area contributed by atoms with Crippen LogP contribution >= 0.6 is 0 Å². The van der Waals surface area contributed by atoms with Gasteiger partial charge < -0.3 is 10.1 Å². The van der Waals surface area contributed by atoms with Crippen molar-refractivity contribution < 1.29 is 4.74 Å². The molecular formula is C19H19N3O. The molecule has 0 amide bonds. The van der Waals surface area contributed by atoms with E-state index in [1.54, 1.807) is 13.4 Å². The number of aromatic nitrogens is 2. The van der Waals surface area contributed by atoms with Gasteiger partial charge in [-0.1, -0.05) is 12.1 Å². The Morgan fingerprint density at radius 1 is 1.04 bits per heavy atom. The molecule has 4 heteroatoms. The van der Waals surface area contributed by atoms with Gasteiger partial charge in [0.1, 0.15) is 17.9 Å². The quantitative estimate of drug-likeness (QED) is 0.804. The molecule has 0 bridgehead atoms. The summed E-state index contributed by atoms with van der Waals surface area (Å²) >= 11 is 0. The highest BCUT2D eigenvalue weighted by Gasteiger charge is 2.22. The van der Waals surface area contributed by atoms with Gasteiger partial charge in [-0.05, 0) is 60.7 Å². The van der Waals surface area contributed by atoms with Crippen LogP contribution in [0.15, 0.2) is 42.7 Å². The van der Waals surface area contributed by atoms with Crippen LogP contribution in [-0.2, 0) is 12.8 Å². The smallest absolute Gasteiger partial charge is 0.137 e. The summed E-state index contributed by atoms with van der Waals surface area (Å²) in [4.78, 5) is 8.82. The molecule has 116 valence electrons. The van der Waals surface area contributed by atoms with E-state index in [0.29, 0.717) is 6.04 Å². The first-order valence-electron chi connectivity index (χ1n) is 7.86. The van der Waals surface area contributed by atoms with Crippen LogP contribution < -0.4 is 10.1 Å². The third kappa shape index (κ3) is 2.61. The second kappa shape index (κ2) is 5.54. The van der Waals surface area contributed by atoms with E-state index in [2.05, 4.69) is 52.5 Å². The molecule has 1 aliphatic carbocycles. The van der Waals surface area contributed by atoms with Crippen LogP contribution in [-0.4, -0.2) is 23.1 Å². The van der Waals surface area contributed by atoms with Crippen molar-refractivity contribution in [2.75, 3.05) is 12.4 Å². The number of hydrogen-bond donors (Lipinski definition) is 1. The van der Waals surface area contributed by atoms with Crippen LogP contribution in [0.2, 0.25) is 0 Å². The Labute approximate surface area is 135 Å². The normalized spacial score (nSPS) is 16.3. The monoisotopic (exact) mass is 305 g/mol. The summed E-state index contributed by atoms with van der Waals surface area (Å²) in [5.41, 5.74) is 4.94. The van der Waals surface area contributed by atoms with Gasteiger partial charge >= 0.3 is 0 Å². The van der Waals surface area contributed by atoms with Crippen LogP contribution in [0.3, 0.4) is 0 Å². The molecule has 1 atom stereocenters. The summed E-state index contributed by atoms with van der Waals surface area (Å²) in [6, 6.07) is 13.0. The molecule has 0 saturated heterocycles. The molecule has 0 spiro atoms. The predicted molar refractivity (Wildman–Crippen MR) is 92.1 cm³/mol. The Kier molecular flexibility index (Phi) is 3.37. The second-order valence-electron chi connectivity index (χ2n) is 6.13. The van der Waals surface area contributed by atoms with Crippen molar-refractivity contribution in [2.24, 2.45) is 0 Å². The standard InChI is InChI=1S/C19H19N3O/c1-12-3-6-17-18(7-12)20-11-21-19(17)22-15-8-13-4-5-16(23-2)10-14(13)9-15/h3-7,10-11,15H,8-9H2,1-2H3,(H,20,21,22). The Balaban J connectivity index is 1.60. The minimum Gasteiger partial charge on any atom is -0.497 e. The molecule has 1 unspecified atom stereocenters. The molecule has 0 fully saturated rings. The summed E-state index contributed by atoms with van der Waals surface area (Å²) in [7, 11) is 1.71. The highest BCUT2D eigenvalue weighted by atomic mass is 16.5. The maximum absolute atomic E-state index is 5.32. The maximum Gasteiger partial charge on any atom is 0.137 e. The number of nitrogens with zero attached hydrogens (tertiary/aromatic N) is 2. The topological polar surface area (TPSA) is 47.0 Å². The number of aryl methyl sites for hydroxylation is 1. The van der Waals surface area contributed by atoms with Crippen molar-refractivity contribution in [3.8, 4) is 5.75 Å². The largest absolute Gasteiger partial charge is 0.497 e. The van der Waals surface area contributed by atoms with Crippen LogP contribution in [0.5, 0.6) is 5.75 Å². The van der Waals surface area contributed by atoms with E-state index in [0.717, 1.165) is 35.3 Å². The lowest BCUT2D eigenvalue weighted by Gasteiger charge is -2.14. The average molecular weight is 305 g/mol. The van der Waals surface area contributed by atoms with Crippen LogP contribution in [0.4, 0.5) is 5.82 Å². The van der Waals surface area contributed by atoms with E-state index < -0.39 is 0 Å². The lowest BCUT2D eigenvalue weighted by molar-refractivity contribution is 0.414. The van der Waals surface area contributed by atoms with Crippen molar-refractivity contribution in [1.29, 1.82) is 0 Å². The molecule has 1 N–H and O–H groups in total. The van der Waals surface area contributed by atoms with Gasteiger partial charge in [-0.25, -0.2) is 9.97 Å². The van der Waals surface area contributed by atoms with E-state index in [4.69, 9.17) is 4.74 Å². The van der Waals surface area contributed by atoms with Crippen LogP contribution in [0.1, 0.15) is 16.7 Å². The summed E-state index contributed by atoms with van der Waals surface area (Å²) in [6.07, 6.45) is 3.63. The Morgan fingerprint density at radius 3 is 2.78 bits per heavy atom. The van der Waals surface area contributed by atoms with Gasteiger partial charge in [0, 0.05) is 11.4 Å². The first kappa shape index (κ1) is 14.0. The second-order valence-corrected chi connectivity index (χ2v) is 6.13. The Bertz CT molecular complexity index is 876. The first-order chi connectivity index (χ1) is 11.2. The average Bonchev–Trinajstić information content (AvgIpc) is 2.96. The third-order valence-corrected chi connectivity index (χ3v) is 4.48. The van der Waals surface area contributed by atoms with Crippen molar-refractivity contribution in [2.45, 2.75) is 25.8 Å². The molecule has 2 aromatic carbocycles. The molecule has 1 aromatic heterocycles. The predicted octanol–water partition coefficient (Wildman–Crippen LogP) is 3.53. The fourth-order valence-corrected chi connectivity index (χ4v) is 3.30. The highest BCUT2D eigenvalue weighted by Crippen LogP contribution is 2.29. The molecule has 1 aliphatic rings. The molecule has 4 rings (SSSR count). The van der Waals surface area contributed by atoms with Gasteiger partial charge in [-0.15, -0.1) is 0 Å². The first-order valence-corrected chi connectivity index (χ1v) is 7.86. The van der Waals surface area contributed by atoms with Gasteiger partial charge in [-0.3, -0.25) is 0 Å². The number of hydrogen-bond acceptors (Lipinski definition) is 4. The molecule has 3 aromatic rings. The van der Waals surface area contributed by atoms with E-state index in [1.165, 1.54) is 16.7 Å². The number of methoxy groups -OCH3 is 1. The summed E-state index contributed by atoms with van der Waals surface area (Å²) in [6.45, 7) is 2.08. The van der Waals surface area contributed by atoms with E-state index in [-0.39, 0.29) is 0 Å². The number of rotatable bonds is 3. The van der Waals surface area contributed by atoms with Crippen LogP contribution in [0.25, 0.3) is 10.9 Å². The van der Waals surface area contributed by atoms with Crippen molar-refractivity contribution in [1.82, 2.24) is 9.97 Å². The number of ether oxygens (including phenoxy) is 1. The fraction of sp³-hybridized carbons (Fsp3) is 0.263. The maximum atomic E-state index is 5.32. The minimum atomic E-state index is 0.358. The molecule has 23 heavy (non-hydrogen) atoms. The zero-order valence-electron chi connectivity index (χ0n) is 13.3. The lowest BCUT2D eigenvalue weighted by atomic mass is 10.1. The van der Waals surface area contributed by atoms with Crippen molar-refractivity contribution >= 4 is 16.7 Å². The van der Waals surface area contributed by atoms with E-state index in [1.807, 2.05) is 6.07 Å². The van der Waals surface area contributed by atoms with Crippen LogP contribution in [0, 0.1) is 6.92 Å². The zero-order valence-corrected chi connectivity index (χ0v) is 13.3. The van der Waals surface area contributed by atoms with E-state index in [9.17, 15) is 0 Å². The van der Waals surface area contributed by atoms with E-state index >= 15 is 0 Å². The summed E-state index contributed by atoms with van der Waals surface area (Å²) in [5.74, 6) is 1.84. The minimum absolute atomic E-state index is 0.358. The Morgan fingerprint density at radius 2 is 1.91 bits per heavy atom. The SMILES string of the molecule is COc1ccc2c(c1)CC(Nc1ncnc3cc(C)ccc13)C2. The molecule has 0 aliphatic heterocycles. The highest BCUT2D eigenvalue weighted by molar-refractivity contribution is 5.89. The van der Waals surface area contributed by atoms with Gasteiger partial charge in [0.25, 0.3) is 0 Å².